The second-order valence-corrected chi connectivity index (χ2v) is 7.15. The molecule has 1 aliphatic rings. The Morgan fingerprint density at radius 3 is 2.32 bits per heavy atom. The van der Waals surface area contributed by atoms with Gasteiger partial charge in [-0.2, -0.15) is 4.99 Å². The van der Waals surface area contributed by atoms with E-state index in [4.69, 9.17) is 0 Å². The first-order valence-electron chi connectivity index (χ1n) is 8.05. The maximum atomic E-state index is 12.3. The van der Waals surface area contributed by atoms with E-state index in [0.717, 1.165) is 22.5 Å². The van der Waals surface area contributed by atoms with Crippen molar-refractivity contribution in [2.75, 3.05) is 30.9 Å². The smallest absolute Gasteiger partial charge is 0.286 e. The molecule has 2 aromatic carbocycles. The Labute approximate surface area is 152 Å². The Balaban J connectivity index is 1.79. The molecule has 0 saturated heterocycles. The van der Waals surface area contributed by atoms with Gasteiger partial charge in [-0.05, 0) is 54.1 Å². The molecule has 1 heterocycles. The van der Waals surface area contributed by atoms with Crippen molar-refractivity contribution in [1.29, 1.82) is 0 Å². The fourth-order valence-electron chi connectivity index (χ4n) is 2.60. The highest BCUT2D eigenvalue weighted by Gasteiger charge is 2.25. The van der Waals surface area contributed by atoms with Crippen molar-refractivity contribution in [1.82, 2.24) is 0 Å². The van der Waals surface area contributed by atoms with Gasteiger partial charge in [-0.1, -0.05) is 30.3 Å². The maximum Gasteiger partial charge on any atom is 0.286 e. The third-order valence-electron chi connectivity index (χ3n) is 4.08. The highest BCUT2D eigenvalue weighted by atomic mass is 32.2. The molecular formula is C20H21N3OS. The first-order chi connectivity index (χ1) is 12.0. The van der Waals surface area contributed by atoms with Crippen LogP contribution in [0.1, 0.15) is 11.1 Å². The Hall–Kier alpha value is -2.53. The molecule has 1 amide bonds. The molecule has 0 atom stereocenters. The van der Waals surface area contributed by atoms with Crippen LogP contribution in [-0.2, 0) is 4.79 Å². The first kappa shape index (κ1) is 17.3. The van der Waals surface area contributed by atoms with Crippen LogP contribution in [0.4, 0.5) is 11.4 Å². The van der Waals surface area contributed by atoms with Gasteiger partial charge in [0, 0.05) is 32.5 Å². The predicted molar refractivity (Wildman–Crippen MR) is 108 cm³/mol. The number of thioether (sulfide) groups is 1. The lowest BCUT2D eigenvalue weighted by atomic mass is 10.2. The third kappa shape index (κ3) is 3.77. The minimum atomic E-state index is -0.183. The third-order valence-corrected chi connectivity index (χ3v) is 5.14. The summed E-state index contributed by atoms with van der Waals surface area (Å²) in [5, 5.41) is 0.704. The van der Waals surface area contributed by atoms with Crippen LogP contribution >= 0.6 is 11.8 Å². The van der Waals surface area contributed by atoms with Crippen LogP contribution in [0.3, 0.4) is 0 Å². The summed E-state index contributed by atoms with van der Waals surface area (Å²) in [5.74, 6) is -0.183. The van der Waals surface area contributed by atoms with E-state index in [2.05, 4.69) is 18.0 Å². The number of carbonyl (C=O) groups is 1. The number of carbonyl (C=O) groups excluding carboxylic acids is 1. The molecule has 0 fully saturated rings. The van der Waals surface area contributed by atoms with Crippen molar-refractivity contribution in [2.45, 2.75) is 6.92 Å². The van der Waals surface area contributed by atoms with E-state index in [1.54, 1.807) is 0 Å². The van der Waals surface area contributed by atoms with E-state index in [1.807, 2.05) is 79.5 Å². The number of anilines is 2. The van der Waals surface area contributed by atoms with Gasteiger partial charge >= 0.3 is 0 Å². The van der Waals surface area contributed by atoms with Crippen LogP contribution in [0, 0.1) is 6.92 Å². The van der Waals surface area contributed by atoms with Crippen LogP contribution in [0.25, 0.3) is 6.08 Å². The average Bonchev–Trinajstić information content (AvgIpc) is 2.96. The summed E-state index contributed by atoms with van der Waals surface area (Å²) in [7, 11) is 5.95. The quantitative estimate of drug-likeness (QED) is 0.778. The maximum absolute atomic E-state index is 12.3. The molecule has 0 spiro atoms. The monoisotopic (exact) mass is 351 g/mol. The highest BCUT2D eigenvalue weighted by Crippen LogP contribution is 2.32. The molecule has 1 aliphatic heterocycles. The normalized spacial score (nSPS) is 15.4. The second kappa shape index (κ2) is 7.15. The van der Waals surface area contributed by atoms with Crippen molar-refractivity contribution in [3.05, 3.63) is 64.6 Å². The van der Waals surface area contributed by atoms with Gasteiger partial charge in [0.2, 0.25) is 0 Å². The van der Waals surface area contributed by atoms with Crippen LogP contribution < -0.4 is 9.80 Å². The summed E-state index contributed by atoms with van der Waals surface area (Å²) < 4.78 is 0. The zero-order chi connectivity index (χ0) is 18.0. The van der Waals surface area contributed by atoms with E-state index < -0.39 is 0 Å². The Morgan fingerprint density at radius 1 is 1.00 bits per heavy atom. The Bertz CT molecular complexity index is 853. The fourth-order valence-corrected chi connectivity index (χ4v) is 3.49. The molecular weight excluding hydrogens is 330 g/mol. The molecule has 0 aliphatic carbocycles. The lowest BCUT2D eigenvalue weighted by molar-refractivity contribution is -0.113. The summed E-state index contributed by atoms with van der Waals surface area (Å²) in [6.45, 7) is 2.05. The lowest BCUT2D eigenvalue weighted by Gasteiger charge is -2.19. The topological polar surface area (TPSA) is 35.9 Å². The molecule has 0 N–H and O–H groups in total. The number of hydrogen-bond donors (Lipinski definition) is 0. The van der Waals surface area contributed by atoms with Gasteiger partial charge in [0.05, 0.1) is 4.91 Å². The molecule has 3 rings (SSSR count). The summed E-state index contributed by atoms with van der Waals surface area (Å²) in [6.07, 6.45) is 1.90. The second-order valence-electron chi connectivity index (χ2n) is 6.14. The number of hydrogen-bond acceptors (Lipinski definition) is 4. The van der Waals surface area contributed by atoms with Crippen molar-refractivity contribution >= 4 is 40.3 Å². The number of amidine groups is 1. The van der Waals surface area contributed by atoms with Gasteiger partial charge in [-0.3, -0.25) is 4.79 Å². The molecule has 128 valence electrons. The van der Waals surface area contributed by atoms with E-state index in [1.165, 1.54) is 11.8 Å². The predicted octanol–water partition coefficient (Wildman–Crippen LogP) is 4.17. The van der Waals surface area contributed by atoms with E-state index >= 15 is 0 Å². The highest BCUT2D eigenvalue weighted by molar-refractivity contribution is 8.18. The largest absolute Gasteiger partial charge is 0.378 e. The fraction of sp³-hybridized carbons (Fsp3) is 0.200. The van der Waals surface area contributed by atoms with Gasteiger partial charge < -0.3 is 9.80 Å². The van der Waals surface area contributed by atoms with Crippen molar-refractivity contribution < 1.29 is 4.79 Å². The van der Waals surface area contributed by atoms with Crippen molar-refractivity contribution in [3.8, 4) is 0 Å². The summed E-state index contributed by atoms with van der Waals surface area (Å²) in [4.78, 5) is 21.2. The minimum absolute atomic E-state index is 0.183. The van der Waals surface area contributed by atoms with Gasteiger partial charge in [-0.25, -0.2) is 0 Å². The Kier molecular flexibility index (Phi) is 4.95. The SMILES string of the molecule is Cc1ccccc1N(C)C1=NC(=O)/C(=C\c2ccc(N(C)C)cc2)S1. The molecule has 2 aromatic rings. The van der Waals surface area contributed by atoms with Gasteiger partial charge in [0.25, 0.3) is 5.91 Å². The van der Waals surface area contributed by atoms with E-state index in [9.17, 15) is 4.79 Å². The van der Waals surface area contributed by atoms with Crippen LogP contribution in [0.2, 0.25) is 0 Å². The van der Waals surface area contributed by atoms with E-state index in [-0.39, 0.29) is 5.91 Å². The van der Waals surface area contributed by atoms with Crippen molar-refractivity contribution in [3.63, 3.8) is 0 Å². The molecule has 0 bridgehead atoms. The van der Waals surface area contributed by atoms with Crippen LogP contribution in [-0.4, -0.2) is 32.2 Å². The summed E-state index contributed by atoms with van der Waals surface area (Å²) in [5.41, 5.74) is 4.33. The molecule has 5 heteroatoms. The van der Waals surface area contributed by atoms with Crippen LogP contribution in [0.5, 0.6) is 0 Å². The minimum Gasteiger partial charge on any atom is -0.378 e. The Morgan fingerprint density at radius 2 is 1.68 bits per heavy atom. The standard InChI is InChI=1S/C20H21N3OS/c1-14-7-5-6-8-17(14)23(4)20-21-19(24)18(25-20)13-15-9-11-16(12-10-15)22(2)3/h5-13H,1-4H3/b18-13+. The van der Waals surface area contributed by atoms with Gasteiger partial charge in [0.15, 0.2) is 5.17 Å². The zero-order valence-corrected chi connectivity index (χ0v) is 15.7. The zero-order valence-electron chi connectivity index (χ0n) is 14.9. The molecule has 0 radical (unpaired) electrons. The number of nitrogens with zero attached hydrogens (tertiary/aromatic N) is 3. The number of aryl methyl sites for hydroxylation is 1. The van der Waals surface area contributed by atoms with Gasteiger partial charge in [-0.15, -0.1) is 0 Å². The summed E-state index contributed by atoms with van der Waals surface area (Å²) in [6, 6.07) is 16.2. The average molecular weight is 351 g/mol. The molecule has 0 unspecified atom stereocenters. The number of rotatable bonds is 3. The van der Waals surface area contributed by atoms with E-state index in [0.29, 0.717) is 10.1 Å². The van der Waals surface area contributed by atoms with Gasteiger partial charge in [0.1, 0.15) is 0 Å². The molecule has 25 heavy (non-hydrogen) atoms. The molecule has 0 aromatic heterocycles. The van der Waals surface area contributed by atoms with Crippen LogP contribution in [0.15, 0.2) is 58.4 Å². The number of aliphatic imine (C=N–C) groups is 1. The van der Waals surface area contributed by atoms with Crippen molar-refractivity contribution in [2.24, 2.45) is 4.99 Å². The number of amides is 1. The molecule has 0 saturated carbocycles. The number of para-hydroxylation sites is 1. The molecule has 4 nitrogen and oxygen atoms in total. The summed E-state index contributed by atoms with van der Waals surface area (Å²) >= 11 is 1.41. The number of benzene rings is 2. The first-order valence-corrected chi connectivity index (χ1v) is 8.86. The lowest BCUT2D eigenvalue weighted by Crippen LogP contribution is -2.22.